The first-order chi connectivity index (χ1) is 11.8. The molecule has 2 atom stereocenters. The number of anilines is 1. The van der Waals surface area contributed by atoms with Crippen molar-refractivity contribution in [2.45, 2.75) is 24.2 Å². The minimum absolute atomic E-state index is 0.0320. The second-order valence-electron chi connectivity index (χ2n) is 6.04. The van der Waals surface area contributed by atoms with Gasteiger partial charge in [0, 0.05) is 5.92 Å². The number of carbonyl (C=O) groups excluding carboxylic acids is 1. The van der Waals surface area contributed by atoms with Gasteiger partial charge in [-0.15, -0.1) is 0 Å². The third kappa shape index (κ3) is 3.51. The number of aromatic hydroxyl groups is 1. The van der Waals surface area contributed by atoms with Crippen LogP contribution in [0.5, 0.6) is 5.75 Å². The fraction of sp³-hybridized carbons (Fsp3) is 0.278. The highest BCUT2D eigenvalue weighted by Crippen LogP contribution is 2.49. The van der Waals surface area contributed by atoms with Gasteiger partial charge in [-0.05, 0) is 42.2 Å². The Bertz CT molecular complexity index is 926. The Kier molecular flexibility index (Phi) is 4.51. The molecule has 1 aliphatic carbocycles. The number of nitrogens with one attached hydrogen (secondary N) is 1. The largest absolute Gasteiger partial charge is 0.506 e. The normalized spacial score (nSPS) is 19.4. The monoisotopic (exact) mass is 363 g/mol. The summed E-state index contributed by atoms with van der Waals surface area (Å²) in [5.74, 6) is -1.61. The maximum absolute atomic E-state index is 13.8. The van der Waals surface area contributed by atoms with Crippen LogP contribution in [0.4, 0.5) is 10.1 Å². The number of benzene rings is 2. The van der Waals surface area contributed by atoms with Gasteiger partial charge in [-0.3, -0.25) is 4.79 Å². The summed E-state index contributed by atoms with van der Waals surface area (Å²) < 4.78 is 37.7. The minimum atomic E-state index is -3.45. The van der Waals surface area contributed by atoms with Gasteiger partial charge >= 0.3 is 0 Å². The molecule has 0 saturated heterocycles. The summed E-state index contributed by atoms with van der Waals surface area (Å²) in [7, 11) is -3.45. The van der Waals surface area contributed by atoms with Crippen LogP contribution in [0, 0.1) is 11.7 Å². The number of rotatable bonds is 5. The first kappa shape index (κ1) is 17.4. The van der Waals surface area contributed by atoms with Gasteiger partial charge in [0.15, 0.2) is 9.84 Å². The molecule has 0 heterocycles. The second kappa shape index (κ2) is 6.48. The first-order valence-corrected chi connectivity index (χ1v) is 9.59. The molecule has 1 fully saturated rings. The molecule has 1 aliphatic rings. The Hall–Kier alpha value is -2.41. The SMILES string of the molecule is CCS(=O)(=O)c1ccc(O)c(NC(=O)C2CC2c2ccccc2F)c1. The molecule has 0 bridgehead atoms. The van der Waals surface area contributed by atoms with E-state index < -0.39 is 15.8 Å². The maximum atomic E-state index is 13.8. The van der Waals surface area contributed by atoms with Crippen LogP contribution in [0.2, 0.25) is 0 Å². The van der Waals surface area contributed by atoms with Gasteiger partial charge in [-0.1, -0.05) is 25.1 Å². The summed E-state index contributed by atoms with van der Waals surface area (Å²) in [6.07, 6.45) is 0.514. The lowest BCUT2D eigenvalue weighted by molar-refractivity contribution is -0.117. The molecule has 7 heteroatoms. The summed E-state index contributed by atoms with van der Waals surface area (Å²) in [6.45, 7) is 1.52. The van der Waals surface area contributed by atoms with Crippen molar-refractivity contribution in [1.29, 1.82) is 0 Å². The number of hydrogen-bond acceptors (Lipinski definition) is 4. The van der Waals surface area contributed by atoms with E-state index in [9.17, 15) is 22.7 Å². The van der Waals surface area contributed by atoms with Crippen LogP contribution in [-0.2, 0) is 14.6 Å². The van der Waals surface area contributed by atoms with Crippen molar-refractivity contribution < 1.29 is 22.7 Å². The van der Waals surface area contributed by atoms with E-state index in [2.05, 4.69) is 5.32 Å². The zero-order chi connectivity index (χ0) is 18.2. The molecule has 25 heavy (non-hydrogen) atoms. The van der Waals surface area contributed by atoms with Crippen molar-refractivity contribution in [3.05, 3.63) is 53.8 Å². The summed E-state index contributed by atoms with van der Waals surface area (Å²) in [4.78, 5) is 12.4. The molecule has 2 aromatic carbocycles. The first-order valence-electron chi connectivity index (χ1n) is 7.94. The highest BCUT2D eigenvalue weighted by molar-refractivity contribution is 7.91. The van der Waals surface area contributed by atoms with E-state index in [1.807, 2.05) is 0 Å². The third-order valence-electron chi connectivity index (χ3n) is 4.40. The van der Waals surface area contributed by atoms with E-state index in [0.717, 1.165) is 0 Å². The zero-order valence-corrected chi connectivity index (χ0v) is 14.4. The third-order valence-corrected chi connectivity index (χ3v) is 6.13. The van der Waals surface area contributed by atoms with E-state index in [1.54, 1.807) is 18.2 Å². The standard InChI is InChI=1S/C18H18FNO4S/c1-2-25(23,24)11-7-8-17(21)16(9-11)20-18(22)14-10-13(14)12-5-3-4-6-15(12)19/h3-9,13-14,21H,2,10H2,1H3,(H,20,22). The van der Waals surface area contributed by atoms with Crippen molar-refractivity contribution >= 4 is 21.4 Å². The van der Waals surface area contributed by atoms with Crippen molar-refractivity contribution in [2.75, 3.05) is 11.1 Å². The van der Waals surface area contributed by atoms with Crippen LogP contribution in [0.25, 0.3) is 0 Å². The van der Waals surface area contributed by atoms with Crippen molar-refractivity contribution in [3.63, 3.8) is 0 Å². The quantitative estimate of drug-likeness (QED) is 0.800. The Morgan fingerprint density at radius 3 is 2.68 bits per heavy atom. The molecule has 0 aliphatic heterocycles. The molecule has 2 N–H and O–H groups in total. The Labute approximate surface area is 145 Å². The predicted molar refractivity (Wildman–Crippen MR) is 91.7 cm³/mol. The summed E-state index contributed by atoms with van der Waals surface area (Å²) in [5.41, 5.74) is 0.535. The van der Waals surface area contributed by atoms with Crippen LogP contribution < -0.4 is 5.32 Å². The lowest BCUT2D eigenvalue weighted by Crippen LogP contribution is -2.15. The summed E-state index contributed by atoms with van der Waals surface area (Å²) in [5, 5.41) is 12.4. The van der Waals surface area contributed by atoms with E-state index in [4.69, 9.17) is 0 Å². The van der Waals surface area contributed by atoms with Crippen LogP contribution >= 0.6 is 0 Å². The van der Waals surface area contributed by atoms with Gasteiger partial charge in [0.05, 0.1) is 16.3 Å². The van der Waals surface area contributed by atoms with E-state index in [1.165, 1.54) is 31.2 Å². The smallest absolute Gasteiger partial charge is 0.228 e. The number of carbonyl (C=O) groups is 1. The molecule has 2 aromatic rings. The highest BCUT2D eigenvalue weighted by atomic mass is 32.2. The van der Waals surface area contributed by atoms with Gasteiger partial charge in [-0.2, -0.15) is 0 Å². The Morgan fingerprint density at radius 2 is 2.00 bits per heavy atom. The van der Waals surface area contributed by atoms with Crippen molar-refractivity contribution in [3.8, 4) is 5.75 Å². The molecule has 132 valence electrons. The average molecular weight is 363 g/mol. The molecule has 1 amide bonds. The fourth-order valence-electron chi connectivity index (χ4n) is 2.81. The van der Waals surface area contributed by atoms with Gasteiger partial charge in [0.1, 0.15) is 11.6 Å². The average Bonchev–Trinajstić information content (AvgIpc) is 3.37. The van der Waals surface area contributed by atoms with E-state index in [-0.39, 0.29) is 39.7 Å². The number of amides is 1. The molecule has 5 nitrogen and oxygen atoms in total. The number of halogens is 1. The minimum Gasteiger partial charge on any atom is -0.506 e. The van der Waals surface area contributed by atoms with Gasteiger partial charge < -0.3 is 10.4 Å². The topological polar surface area (TPSA) is 83.5 Å². The fourth-order valence-corrected chi connectivity index (χ4v) is 3.71. The van der Waals surface area contributed by atoms with E-state index in [0.29, 0.717) is 12.0 Å². The molecule has 3 rings (SSSR count). The van der Waals surface area contributed by atoms with Gasteiger partial charge in [0.25, 0.3) is 0 Å². The van der Waals surface area contributed by atoms with E-state index >= 15 is 0 Å². The summed E-state index contributed by atoms with van der Waals surface area (Å²) in [6, 6.07) is 10.1. The maximum Gasteiger partial charge on any atom is 0.228 e. The van der Waals surface area contributed by atoms with Crippen molar-refractivity contribution in [1.82, 2.24) is 0 Å². The lowest BCUT2D eigenvalue weighted by atomic mass is 10.1. The number of sulfone groups is 1. The van der Waals surface area contributed by atoms with Crippen LogP contribution in [0.15, 0.2) is 47.4 Å². The second-order valence-corrected chi connectivity index (χ2v) is 8.32. The van der Waals surface area contributed by atoms with Gasteiger partial charge in [-0.25, -0.2) is 12.8 Å². The molecule has 0 spiro atoms. The number of hydrogen-bond donors (Lipinski definition) is 2. The molecule has 0 radical (unpaired) electrons. The molecule has 1 saturated carbocycles. The Morgan fingerprint density at radius 1 is 1.28 bits per heavy atom. The number of phenols is 1. The van der Waals surface area contributed by atoms with Gasteiger partial charge in [0.2, 0.25) is 5.91 Å². The van der Waals surface area contributed by atoms with Crippen LogP contribution in [-0.4, -0.2) is 25.2 Å². The molecular weight excluding hydrogens is 345 g/mol. The van der Waals surface area contributed by atoms with Crippen molar-refractivity contribution in [2.24, 2.45) is 5.92 Å². The van der Waals surface area contributed by atoms with Crippen LogP contribution in [0.1, 0.15) is 24.8 Å². The zero-order valence-electron chi connectivity index (χ0n) is 13.6. The highest BCUT2D eigenvalue weighted by Gasteiger charge is 2.45. The predicted octanol–water partition coefficient (Wildman–Crippen LogP) is 3.07. The molecular formula is C18H18FNO4S. The lowest BCUT2D eigenvalue weighted by Gasteiger charge is -2.10. The molecule has 2 unspecified atom stereocenters. The number of phenolic OH excluding ortho intramolecular Hbond substituents is 1. The molecule has 0 aromatic heterocycles. The summed E-state index contributed by atoms with van der Waals surface area (Å²) >= 11 is 0. The Balaban J connectivity index is 1.77. The van der Waals surface area contributed by atoms with Crippen LogP contribution in [0.3, 0.4) is 0 Å².